The number of rotatable bonds is 0. The van der Waals surface area contributed by atoms with E-state index >= 15 is 0 Å². The summed E-state index contributed by atoms with van der Waals surface area (Å²) in [7, 11) is 0. The smallest absolute Gasteiger partial charge is 0.0402 e. The van der Waals surface area contributed by atoms with E-state index < -0.39 is 0 Å². The van der Waals surface area contributed by atoms with Crippen LogP contribution in [-0.2, 0) is 0 Å². The van der Waals surface area contributed by atoms with E-state index in [1.54, 1.807) is 0 Å². The predicted octanol–water partition coefficient (Wildman–Crippen LogP) is 4.28. The standard InChI is InChI=1S/C17H12/c1-3-15-16-10-5-4-8-13(16)11-14-9-6-7-12(2)17(14)15/h1,4-11H,2H3. The fourth-order valence-electron chi connectivity index (χ4n) is 2.45. The lowest BCUT2D eigenvalue weighted by Gasteiger charge is -2.09. The van der Waals surface area contributed by atoms with E-state index in [9.17, 15) is 0 Å². The molecular weight excluding hydrogens is 204 g/mol. The third kappa shape index (κ3) is 1.40. The molecule has 0 heterocycles. The maximum Gasteiger partial charge on any atom is 0.0402 e. The third-order valence-corrected chi connectivity index (χ3v) is 3.24. The van der Waals surface area contributed by atoms with E-state index in [4.69, 9.17) is 6.42 Å². The van der Waals surface area contributed by atoms with Crippen LogP contribution in [0.15, 0.2) is 48.5 Å². The highest BCUT2D eigenvalue weighted by Crippen LogP contribution is 2.29. The molecule has 0 fully saturated rings. The molecule has 3 aromatic rings. The van der Waals surface area contributed by atoms with Crippen LogP contribution in [0.5, 0.6) is 0 Å². The number of fused-ring (bicyclic) bond motifs is 2. The summed E-state index contributed by atoms with van der Waals surface area (Å²) in [6.45, 7) is 2.11. The molecule has 0 saturated heterocycles. The van der Waals surface area contributed by atoms with Crippen LogP contribution >= 0.6 is 0 Å². The summed E-state index contributed by atoms with van der Waals surface area (Å²) < 4.78 is 0. The Hall–Kier alpha value is -2.26. The van der Waals surface area contributed by atoms with E-state index in [2.05, 4.69) is 49.2 Å². The molecular formula is C17H12. The minimum absolute atomic E-state index is 1.01. The van der Waals surface area contributed by atoms with Crippen molar-refractivity contribution >= 4 is 21.5 Å². The number of hydrogen-bond donors (Lipinski definition) is 0. The molecule has 0 aromatic heterocycles. The Morgan fingerprint density at radius 1 is 0.941 bits per heavy atom. The van der Waals surface area contributed by atoms with Gasteiger partial charge in [0.05, 0.1) is 0 Å². The Labute approximate surface area is 101 Å². The minimum atomic E-state index is 1.01. The van der Waals surface area contributed by atoms with Crippen molar-refractivity contribution in [1.29, 1.82) is 0 Å². The zero-order valence-electron chi connectivity index (χ0n) is 9.70. The number of aryl methyl sites for hydroxylation is 1. The van der Waals surface area contributed by atoms with Crippen molar-refractivity contribution in [1.82, 2.24) is 0 Å². The average Bonchev–Trinajstić information content (AvgIpc) is 2.36. The summed E-state index contributed by atoms with van der Waals surface area (Å²) in [6.07, 6.45) is 5.70. The zero-order chi connectivity index (χ0) is 11.8. The van der Waals surface area contributed by atoms with E-state index in [1.807, 2.05) is 12.1 Å². The Bertz CT molecular complexity index is 758. The van der Waals surface area contributed by atoms with E-state index in [0.717, 1.165) is 10.9 Å². The van der Waals surface area contributed by atoms with Gasteiger partial charge in [-0.25, -0.2) is 0 Å². The fraction of sp³-hybridized carbons (Fsp3) is 0.0588. The molecule has 0 aliphatic carbocycles. The second-order valence-electron chi connectivity index (χ2n) is 4.29. The van der Waals surface area contributed by atoms with E-state index in [-0.39, 0.29) is 0 Å². The van der Waals surface area contributed by atoms with Gasteiger partial charge in [-0.15, -0.1) is 6.42 Å². The highest BCUT2D eigenvalue weighted by Gasteiger charge is 2.06. The van der Waals surface area contributed by atoms with Gasteiger partial charge >= 0.3 is 0 Å². The second kappa shape index (κ2) is 3.64. The third-order valence-electron chi connectivity index (χ3n) is 3.24. The zero-order valence-corrected chi connectivity index (χ0v) is 9.70. The molecule has 0 radical (unpaired) electrons. The summed E-state index contributed by atoms with van der Waals surface area (Å²) in [5.41, 5.74) is 2.25. The van der Waals surface area contributed by atoms with Crippen LogP contribution in [0.4, 0.5) is 0 Å². The van der Waals surface area contributed by atoms with Gasteiger partial charge in [-0.2, -0.15) is 0 Å². The van der Waals surface area contributed by atoms with Crippen molar-refractivity contribution in [3.8, 4) is 12.3 Å². The Balaban J connectivity index is 2.66. The van der Waals surface area contributed by atoms with Gasteiger partial charge in [0.1, 0.15) is 0 Å². The van der Waals surface area contributed by atoms with Gasteiger partial charge in [0.25, 0.3) is 0 Å². The van der Waals surface area contributed by atoms with Crippen LogP contribution in [0.2, 0.25) is 0 Å². The molecule has 0 heteroatoms. The minimum Gasteiger partial charge on any atom is -0.115 e. The molecule has 3 aromatic carbocycles. The van der Waals surface area contributed by atoms with Crippen LogP contribution in [0.3, 0.4) is 0 Å². The van der Waals surface area contributed by atoms with Gasteiger partial charge in [0.2, 0.25) is 0 Å². The molecule has 0 bridgehead atoms. The molecule has 0 unspecified atom stereocenters. The SMILES string of the molecule is C#Cc1c2ccccc2cc2cccc(C)c12. The van der Waals surface area contributed by atoms with E-state index in [1.165, 1.54) is 21.7 Å². The van der Waals surface area contributed by atoms with Crippen molar-refractivity contribution in [2.75, 3.05) is 0 Å². The molecule has 3 rings (SSSR count). The van der Waals surface area contributed by atoms with Gasteiger partial charge in [-0.1, -0.05) is 48.4 Å². The maximum atomic E-state index is 5.70. The first-order chi connectivity index (χ1) is 8.31. The molecule has 0 spiro atoms. The molecule has 0 nitrogen and oxygen atoms in total. The van der Waals surface area contributed by atoms with Crippen LogP contribution in [0.1, 0.15) is 11.1 Å². The van der Waals surface area contributed by atoms with Crippen molar-refractivity contribution in [2.24, 2.45) is 0 Å². The highest BCUT2D eigenvalue weighted by atomic mass is 14.1. The van der Waals surface area contributed by atoms with Crippen molar-refractivity contribution < 1.29 is 0 Å². The molecule has 80 valence electrons. The van der Waals surface area contributed by atoms with Crippen LogP contribution < -0.4 is 0 Å². The largest absolute Gasteiger partial charge is 0.115 e. The summed E-state index contributed by atoms with van der Waals surface area (Å²) in [5, 5.41) is 4.79. The lowest BCUT2D eigenvalue weighted by atomic mass is 9.94. The molecule has 0 aliphatic rings. The molecule has 0 aliphatic heterocycles. The topological polar surface area (TPSA) is 0 Å². The van der Waals surface area contributed by atoms with E-state index in [0.29, 0.717) is 0 Å². The lowest BCUT2D eigenvalue weighted by Crippen LogP contribution is -1.86. The Morgan fingerprint density at radius 3 is 2.53 bits per heavy atom. The van der Waals surface area contributed by atoms with Gasteiger partial charge in [-0.3, -0.25) is 0 Å². The van der Waals surface area contributed by atoms with Gasteiger partial charge in [0, 0.05) is 10.9 Å². The lowest BCUT2D eigenvalue weighted by molar-refractivity contribution is 1.53. The first-order valence-corrected chi connectivity index (χ1v) is 5.69. The quantitative estimate of drug-likeness (QED) is 0.388. The number of terminal acetylenes is 1. The van der Waals surface area contributed by atoms with Gasteiger partial charge < -0.3 is 0 Å². The number of benzene rings is 3. The van der Waals surface area contributed by atoms with Crippen LogP contribution in [-0.4, -0.2) is 0 Å². The molecule has 0 amide bonds. The average molecular weight is 216 g/mol. The Kier molecular flexibility index (Phi) is 2.13. The number of hydrogen-bond acceptors (Lipinski definition) is 0. The van der Waals surface area contributed by atoms with Gasteiger partial charge in [0.15, 0.2) is 0 Å². The molecule has 0 atom stereocenters. The first-order valence-electron chi connectivity index (χ1n) is 5.69. The molecule has 17 heavy (non-hydrogen) atoms. The molecule has 0 N–H and O–H groups in total. The monoisotopic (exact) mass is 216 g/mol. The van der Waals surface area contributed by atoms with Crippen molar-refractivity contribution in [3.63, 3.8) is 0 Å². The van der Waals surface area contributed by atoms with Crippen molar-refractivity contribution in [3.05, 3.63) is 59.7 Å². The first kappa shape index (κ1) is 9.93. The van der Waals surface area contributed by atoms with Gasteiger partial charge in [-0.05, 0) is 34.7 Å². The van der Waals surface area contributed by atoms with Crippen LogP contribution in [0, 0.1) is 19.3 Å². The Morgan fingerprint density at radius 2 is 1.71 bits per heavy atom. The highest BCUT2D eigenvalue weighted by molar-refractivity contribution is 6.05. The maximum absolute atomic E-state index is 5.70. The summed E-state index contributed by atoms with van der Waals surface area (Å²) in [5.74, 6) is 2.85. The van der Waals surface area contributed by atoms with Crippen molar-refractivity contribution in [2.45, 2.75) is 6.92 Å². The molecule has 0 saturated carbocycles. The normalized spacial score (nSPS) is 10.6. The fourth-order valence-corrected chi connectivity index (χ4v) is 2.45. The summed E-state index contributed by atoms with van der Waals surface area (Å²) in [4.78, 5) is 0. The second-order valence-corrected chi connectivity index (χ2v) is 4.29. The summed E-state index contributed by atoms with van der Waals surface area (Å²) in [6, 6.07) is 16.8. The predicted molar refractivity (Wildman–Crippen MR) is 74.1 cm³/mol. The van der Waals surface area contributed by atoms with Crippen LogP contribution in [0.25, 0.3) is 21.5 Å². The summed E-state index contributed by atoms with van der Waals surface area (Å²) >= 11 is 0.